The van der Waals surface area contributed by atoms with Crippen molar-refractivity contribution in [3.8, 4) is 11.3 Å². The Morgan fingerprint density at radius 1 is 1.22 bits per heavy atom. The van der Waals surface area contributed by atoms with Crippen molar-refractivity contribution < 1.29 is 5.11 Å². The van der Waals surface area contributed by atoms with Crippen LogP contribution in [-0.2, 0) is 6.61 Å². The highest BCUT2D eigenvalue weighted by Crippen LogP contribution is 2.24. The fourth-order valence-electron chi connectivity index (χ4n) is 1.74. The van der Waals surface area contributed by atoms with Crippen molar-refractivity contribution in [3.05, 3.63) is 42.2 Å². The molecule has 0 aliphatic carbocycles. The molecule has 0 aliphatic rings. The minimum atomic E-state index is 0.0336. The standard InChI is InChI=1S/C14H17N3O/c1-2-6-16-14-13(15-7-8-17-14)12-5-3-4-11(9-12)10-18/h3-5,7-9,18H,2,6,10H2,1H3,(H,16,17). The molecule has 0 bridgehead atoms. The third kappa shape index (κ3) is 2.84. The lowest BCUT2D eigenvalue weighted by Crippen LogP contribution is -2.04. The van der Waals surface area contributed by atoms with Crippen molar-refractivity contribution in [2.24, 2.45) is 0 Å². The molecule has 0 radical (unpaired) electrons. The highest BCUT2D eigenvalue weighted by molar-refractivity contribution is 5.71. The number of hydrogen-bond donors (Lipinski definition) is 2. The van der Waals surface area contributed by atoms with E-state index in [1.807, 2.05) is 24.3 Å². The average Bonchev–Trinajstić information content (AvgIpc) is 2.45. The Hall–Kier alpha value is -1.94. The number of anilines is 1. The average molecular weight is 243 g/mol. The minimum Gasteiger partial charge on any atom is -0.392 e. The van der Waals surface area contributed by atoms with Crippen molar-refractivity contribution in [3.63, 3.8) is 0 Å². The summed E-state index contributed by atoms with van der Waals surface area (Å²) >= 11 is 0. The number of rotatable bonds is 5. The van der Waals surface area contributed by atoms with Crippen LogP contribution in [0.15, 0.2) is 36.7 Å². The van der Waals surface area contributed by atoms with Crippen LogP contribution in [0.4, 0.5) is 5.82 Å². The summed E-state index contributed by atoms with van der Waals surface area (Å²) < 4.78 is 0. The minimum absolute atomic E-state index is 0.0336. The van der Waals surface area contributed by atoms with Crippen molar-refractivity contribution in [2.45, 2.75) is 20.0 Å². The first-order valence-corrected chi connectivity index (χ1v) is 6.10. The van der Waals surface area contributed by atoms with Crippen LogP contribution >= 0.6 is 0 Å². The van der Waals surface area contributed by atoms with E-state index in [0.717, 1.165) is 35.6 Å². The van der Waals surface area contributed by atoms with Crippen molar-refractivity contribution in [2.75, 3.05) is 11.9 Å². The number of aliphatic hydroxyl groups excluding tert-OH is 1. The Labute approximate surface area is 107 Å². The van der Waals surface area contributed by atoms with Gasteiger partial charge in [-0.2, -0.15) is 0 Å². The van der Waals surface area contributed by atoms with Gasteiger partial charge in [-0.15, -0.1) is 0 Å². The van der Waals surface area contributed by atoms with Gasteiger partial charge in [-0.1, -0.05) is 25.1 Å². The van der Waals surface area contributed by atoms with Crippen LogP contribution < -0.4 is 5.32 Å². The highest BCUT2D eigenvalue weighted by atomic mass is 16.3. The lowest BCUT2D eigenvalue weighted by molar-refractivity contribution is 0.282. The SMILES string of the molecule is CCCNc1nccnc1-c1cccc(CO)c1. The van der Waals surface area contributed by atoms with E-state index in [9.17, 15) is 0 Å². The number of aromatic nitrogens is 2. The molecule has 18 heavy (non-hydrogen) atoms. The molecule has 2 rings (SSSR count). The first kappa shape index (κ1) is 12.5. The number of aliphatic hydroxyl groups is 1. The van der Waals surface area contributed by atoms with Gasteiger partial charge in [0.05, 0.1) is 6.61 Å². The van der Waals surface area contributed by atoms with Gasteiger partial charge >= 0.3 is 0 Å². The van der Waals surface area contributed by atoms with E-state index >= 15 is 0 Å². The zero-order valence-corrected chi connectivity index (χ0v) is 10.4. The van der Waals surface area contributed by atoms with Gasteiger partial charge in [0.25, 0.3) is 0 Å². The normalized spacial score (nSPS) is 10.3. The maximum absolute atomic E-state index is 9.17. The molecule has 0 aliphatic heterocycles. The molecule has 1 heterocycles. The Balaban J connectivity index is 2.36. The van der Waals surface area contributed by atoms with Crippen LogP contribution in [0.2, 0.25) is 0 Å². The van der Waals surface area contributed by atoms with E-state index < -0.39 is 0 Å². The molecule has 0 atom stereocenters. The summed E-state index contributed by atoms with van der Waals surface area (Å²) in [4.78, 5) is 8.68. The summed E-state index contributed by atoms with van der Waals surface area (Å²) in [6.45, 7) is 3.01. The molecule has 1 aromatic carbocycles. The molecule has 94 valence electrons. The van der Waals surface area contributed by atoms with E-state index in [2.05, 4.69) is 22.2 Å². The molecular weight excluding hydrogens is 226 g/mol. The van der Waals surface area contributed by atoms with Crippen LogP contribution in [0.5, 0.6) is 0 Å². The molecule has 4 heteroatoms. The molecule has 0 fully saturated rings. The van der Waals surface area contributed by atoms with E-state index in [4.69, 9.17) is 5.11 Å². The second-order valence-corrected chi connectivity index (χ2v) is 4.04. The van der Waals surface area contributed by atoms with Crippen LogP contribution in [0, 0.1) is 0 Å². The van der Waals surface area contributed by atoms with Gasteiger partial charge < -0.3 is 10.4 Å². The Bertz CT molecular complexity index is 514. The molecule has 0 amide bonds. The first-order chi connectivity index (χ1) is 8.85. The quantitative estimate of drug-likeness (QED) is 0.847. The molecule has 0 unspecified atom stereocenters. The summed E-state index contributed by atoms with van der Waals surface area (Å²) in [6, 6.07) is 7.71. The van der Waals surface area contributed by atoms with Gasteiger partial charge in [-0.25, -0.2) is 4.98 Å². The molecular formula is C14H17N3O. The first-order valence-electron chi connectivity index (χ1n) is 6.10. The van der Waals surface area contributed by atoms with E-state index in [1.165, 1.54) is 0 Å². The predicted molar refractivity (Wildman–Crippen MR) is 72.2 cm³/mol. The Morgan fingerprint density at radius 3 is 2.83 bits per heavy atom. The molecule has 1 aromatic heterocycles. The Kier molecular flexibility index (Phi) is 4.25. The second kappa shape index (κ2) is 6.12. The van der Waals surface area contributed by atoms with E-state index in [-0.39, 0.29) is 6.61 Å². The Morgan fingerprint density at radius 2 is 2.06 bits per heavy atom. The lowest BCUT2D eigenvalue weighted by Gasteiger charge is -2.09. The lowest BCUT2D eigenvalue weighted by atomic mass is 10.1. The smallest absolute Gasteiger partial charge is 0.152 e. The number of benzene rings is 1. The molecule has 0 saturated heterocycles. The summed E-state index contributed by atoms with van der Waals surface area (Å²) in [5.41, 5.74) is 2.66. The molecule has 4 nitrogen and oxygen atoms in total. The van der Waals surface area contributed by atoms with Crippen LogP contribution in [0.1, 0.15) is 18.9 Å². The maximum atomic E-state index is 9.17. The number of nitrogens with zero attached hydrogens (tertiary/aromatic N) is 2. The van der Waals surface area contributed by atoms with Crippen molar-refractivity contribution in [1.29, 1.82) is 0 Å². The summed E-state index contributed by atoms with van der Waals surface area (Å²) in [5.74, 6) is 0.787. The van der Waals surface area contributed by atoms with Crippen LogP contribution in [0.3, 0.4) is 0 Å². The molecule has 0 saturated carbocycles. The monoisotopic (exact) mass is 243 g/mol. The van der Waals surface area contributed by atoms with Gasteiger partial charge in [-0.3, -0.25) is 4.98 Å². The van der Waals surface area contributed by atoms with Gasteiger partial charge in [0.1, 0.15) is 5.69 Å². The number of hydrogen-bond acceptors (Lipinski definition) is 4. The summed E-state index contributed by atoms with van der Waals surface area (Å²) in [6.07, 6.45) is 4.39. The van der Waals surface area contributed by atoms with Gasteiger partial charge in [0.2, 0.25) is 0 Å². The number of nitrogens with one attached hydrogen (secondary N) is 1. The third-order valence-corrected chi connectivity index (χ3v) is 2.62. The van der Waals surface area contributed by atoms with E-state index in [0.29, 0.717) is 0 Å². The predicted octanol–water partition coefficient (Wildman–Crippen LogP) is 2.46. The fraction of sp³-hybridized carbons (Fsp3) is 0.286. The third-order valence-electron chi connectivity index (χ3n) is 2.62. The van der Waals surface area contributed by atoms with Gasteiger partial charge in [0, 0.05) is 24.5 Å². The second-order valence-electron chi connectivity index (χ2n) is 4.04. The maximum Gasteiger partial charge on any atom is 0.152 e. The van der Waals surface area contributed by atoms with Crippen molar-refractivity contribution in [1.82, 2.24) is 9.97 Å². The molecule has 2 N–H and O–H groups in total. The summed E-state index contributed by atoms with van der Waals surface area (Å²) in [5, 5.41) is 12.4. The van der Waals surface area contributed by atoms with Crippen molar-refractivity contribution >= 4 is 5.82 Å². The fourth-order valence-corrected chi connectivity index (χ4v) is 1.74. The topological polar surface area (TPSA) is 58.0 Å². The molecule has 2 aromatic rings. The largest absolute Gasteiger partial charge is 0.392 e. The zero-order chi connectivity index (χ0) is 12.8. The van der Waals surface area contributed by atoms with Crippen LogP contribution in [0.25, 0.3) is 11.3 Å². The van der Waals surface area contributed by atoms with Gasteiger partial charge in [-0.05, 0) is 18.1 Å². The van der Waals surface area contributed by atoms with Crippen LogP contribution in [-0.4, -0.2) is 21.6 Å². The van der Waals surface area contributed by atoms with Gasteiger partial charge in [0.15, 0.2) is 5.82 Å². The zero-order valence-electron chi connectivity index (χ0n) is 10.4. The highest BCUT2D eigenvalue weighted by Gasteiger charge is 2.07. The molecule has 0 spiro atoms. The summed E-state index contributed by atoms with van der Waals surface area (Å²) in [7, 11) is 0. The van der Waals surface area contributed by atoms with E-state index in [1.54, 1.807) is 12.4 Å².